The molecule has 0 radical (unpaired) electrons. The summed E-state index contributed by atoms with van der Waals surface area (Å²) in [6, 6.07) is 5.85. The molecule has 1 saturated heterocycles. The first-order chi connectivity index (χ1) is 9.97. The van der Waals surface area contributed by atoms with E-state index in [-0.39, 0.29) is 0 Å². The lowest BCUT2D eigenvalue weighted by Gasteiger charge is -2.32. The second kappa shape index (κ2) is 7.27. The first-order valence-corrected chi connectivity index (χ1v) is 7.58. The maximum absolute atomic E-state index is 12.5. The summed E-state index contributed by atoms with van der Waals surface area (Å²) in [7, 11) is 0. The van der Waals surface area contributed by atoms with Gasteiger partial charge < -0.3 is 5.32 Å². The molecule has 21 heavy (non-hydrogen) atoms. The molecule has 1 aliphatic rings. The molecule has 2 rings (SSSR count). The standard InChI is InChI=1S/C16H23F3N2/c1-13(21-9-3-2-4-10-21)11-20-12-14-5-7-15(8-6-14)16(17,18)19/h5-8,13,20H,2-4,9-12H2,1H3. The van der Waals surface area contributed by atoms with E-state index in [1.807, 2.05) is 0 Å². The molecular weight excluding hydrogens is 277 g/mol. The third-order valence-corrected chi connectivity index (χ3v) is 4.06. The Labute approximate surface area is 124 Å². The van der Waals surface area contributed by atoms with Gasteiger partial charge in [-0.1, -0.05) is 18.6 Å². The van der Waals surface area contributed by atoms with Crippen LogP contribution in [0.4, 0.5) is 13.2 Å². The summed E-state index contributed by atoms with van der Waals surface area (Å²) in [4.78, 5) is 2.48. The van der Waals surface area contributed by atoms with Crippen LogP contribution in [0.25, 0.3) is 0 Å². The van der Waals surface area contributed by atoms with Crippen LogP contribution in [-0.4, -0.2) is 30.6 Å². The molecule has 1 aromatic carbocycles. The molecule has 1 fully saturated rings. The molecule has 1 unspecified atom stereocenters. The second-order valence-corrected chi connectivity index (χ2v) is 5.77. The molecule has 0 aromatic heterocycles. The van der Waals surface area contributed by atoms with Gasteiger partial charge in [0.15, 0.2) is 0 Å². The van der Waals surface area contributed by atoms with Crippen LogP contribution in [0.3, 0.4) is 0 Å². The van der Waals surface area contributed by atoms with E-state index in [0.29, 0.717) is 12.6 Å². The minimum absolute atomic E-state index is 0.472. The van der Waals surface area contributed by atoms with E-state index < -0.39 is 11.7 Å². The minimum Gasteiger partial charge on any atom is -0.311 e. The van der Waals surface area contributed by atoms with Crippen LogP contribution in [0.1, 0.15) is 37.3 Å². The van der Waals surface area contributed by atoms with Crippen molar-refractivity contribution in [2.24, 2.45) is 0 Å². The normalized spacial score (nSPS) is 18.7. The summed E-state index contributed by atoms with van der Waals surface area (Å²) >= 11 is 0. The van der Waals surface area contributed by atoms with Crippen LogP contribution in [0, 0.1) is 0 Å². The monoisotopic (exact) mass is 300 g/mol. The van der Waals surface area contributed by atoms with Crippen molar-refractivity contribution in [2.75, 3.05) is 19.6 Å². The fourth-order valence-corrected chi connectivity index (χ4v) is 2.73. The Morgan fingerprint density at radius 3 is 2.29 bits per heavy atom. The predicted molar refractivity (Wildman–Crippen MR) is 78.0 cm³/mol. The van der Waals surface area contributed by atoms with Crippen molar-refractivity contribution in [1.29, 1.82) is 0 Å². The van der Waals surface area contributed by atoms with Gasteiger partial charge in [-0.2, -0.15) is 13.2 Å². The summed E-state index contributed by atoms with van der Waals surface area (Å²) in [5.41, 5.74) is 0.293. The predicted octanol–water partition coefficient (Wildman–Crippen LogP) is 3.67. The van der Waals surface area contributed by atoms with Gasteiger partial charge in [0.1, 0.15) is 0 Å². The average molecular weight is 300 g/mol. The van der Waals surface area contributed by atoms with Gasteiger partial charge in [-0.05, 0) is 50.6 Å². The molecule has 5 heteroatoms. The molecule has 2 nitrogen and oxygen atoms in total. The van der Waals surface area contributed by atoms with E-state index in [1.165, 1.54) is 19.3 Å². The summed E-state index contributed by atoms with van der Waals surface area (Å²) in [6.07, 6.45) is -0.399. The molecule has 0 aliphatic carbocycles. The minimum atomic E-state index is -4.26. The molecule has 0 saturated carbocycles. The van der Waals surface area contributed by atoms with E-state index in [9.17, 15) is 13.2 Å². The topological polar surface area (TPSA) is 15.3 Å². The largest absolute Gasteiger partial charge is 0.416 e. The van der Waals surface area contributed by atoms with Crippen LogP contribution in [0.5, 0.6) is 0 Å². The molecule has 0 amide bonds. The molecule has 1 aromatic rings. The van der Waals surface area contributed by atoms with Crippen molar-refractivity contribution in [3.8, 4) is 0 Å². The molecule has 1 atom stereocenters. The number of hydrogen-bond donors (Lipinski definition) is 1. The lowest BCUT2D eigenvalue weighted by molar-refractivity contribution is -0.137. The molecular formula is C16H23F3N2. The quantitative estimate of drug-likeness (QED) is 0.892. The molecule has 1 N–H and O–H groups in total. The Morgan fingerprint density at radius 2 is 1.71 bits per heavy atom. The molecule has 1 heterocycles. The fourth-order valence-electron chi connectivity index (χ4n) is 2.73. The van der Waals surface area contributed by atoms with Gasteiger partial charge in [0.05, 0.1) is 5.56 Å². The van der Waals surface area contributed by atoms with Gasteiger partial charge in [-0.15, -0.1) is 0 Å². The fraction of sp³-hybridized carbons (Fsp3) is 0.625. The van der Waals surface area contributed by atoms with Gasteiger partial charge >= 0.3 is 6.18 Å². The Kier molecular flexibility index (Phi) is 5.65. The lowest BCUT2D eigenvalue weighted by Crippen LogP contribution is -2.42. The summed E-state index contributed by atoms with van der Waals surface area (Å²) < 4.78 is 37.4. The highest BCUT2D eigenvalue weighted by Crippen LogP contribution is 2.29. The Hall–Kier alpha value is -1.07. The third-order valence-electron chi connectivity index (χ3n) is 4.06. The number of piperidine rings is 1. The van der Waals surface area contributed by atoms with Crippen molar-refractivity contribution in [2.45, 2.75) is 44.9 Å². The Balaban J connectivity index is 1.75. The van der Waals surface area contributed by atoms with Gasteiger partial charge in [0.25, 0.3) is 0 Å². The Bertz CT molecular complexity index is 422. The van der Waals surface area contributed by atoms with Crippen molar-refractivity contribution < 1.29 is 13.2 Å². The summed E-state index contributed by atoms with van der Waals surface area (Å²) in [6.45, 7) is 5.98. The average Bonchev–Trinajstić information content (AvgIpc) is 2.47. The SMILES string of the molecule is CC(CNCc1ccc(C(F)(F)F)cc1)N1CCCCC1. The van der Waals surface area contributed by atoms with E-state index in [1.54, 1.807) is 12.1 Å². The lowest BCUT2D eigenvalue weighted by atomic mass is 10.1. The number of nitrogens with zero attached hydrogens (tertiary/aromatic N) is 1. The highest BCUT2D eigenvalue weighted by Gasteiger charge is 2.29. The van der Waals surface area contributed by atoms with Crippen molar-refractivity contribution in [1.82, 2.24) is 10.2 Å². The van der Waals surface area contributed by atoms with Gasteiger partial charge in [-0.3, -0.25) is 4.90 Å². The van der Waals surface area contributed by atoms with Crippen LogP contribution < -0.4 is 5.32 Å². The number of hydrogen-bond acceptors (Lipinski definition) is 2. The van der Waals surface area contributed by atoms with Crippen LogP contribution in [-0.2, 0) is 12.7 Å². The number of alkyl halides is 3. The van der Waals surface area contributed by atoms with Gasteiger partial charge in [0.2, 0.25) is 0 Å². The van der Waals surface area contributed by atoms with Gasteiger partial charge in [0, 0.05) is 19.1 Å². The zero-order valence-corrected chi connectivity index (χ0v) is 12.4. The zero-order valence-electron chi connectivity index (χ0n) is 12.4. The number of likely N-dealkylation sites (tertiary alicyclic amines) is 1. The first-order valence-electron chi connectivity index (χ1n) is 7.58. The highest BCUT2D eigenvalue weighted by atomic mass is 19.4. The molecule has 1 aliphatic heterocycles. The second-order valence-electron chi connectivity index (χ2n) is 5.77. The van der Waals surface area contributed by atoms with Crippen molar-refractivity contribution in [3.63, 3.8) is 0 Å². The zero-order chi connectivity index (χ0) is 15.3. The summed E-state index contributed by atoms with van der Waals surface area (Å²) in [5.74, 6) is 0. The van der Waals surface area contributed by atoms with Crippen molar-refractivity contribution >= 4 is 0 Å². The van der Waals surface area contributed by atoms with E-state index in [4.69, 9.17) is 0 Å². The smallest absolute Gasteiger partial charge is 0.311 e. The number of halogens is 3. The molecule has 0 spiro atoms. The highest BCUT2D eigenvalue weighted by molar-refractivity contribution is 5.24. The molecule has 118 valence electrons. The van der Waals surface area contributed by atoms with Crippen LogP contribution >= 0.6 is 0 Å². The third kappa shape index (κ3) is 5.00. The maximum atomic E-state index is 12.5. The Morgan fingerprint density at radius 1 is 1.10 bits per heavy atom. The number of rotatable bonds is 5. The molecule has 0 bridgehead atoms. The number of nitrogens with one attached hydrogen (secondary N) is 1. The summed E-state index contributed by atoms with van der Waals surface area (Å²) in [5, 5.41) is 3.33. The van der Waals surface area contributed by atoms with Crippen LogP contribution in [0.2, 0.25) is 0 Å². The van der Waals surface area contributed by atoms with Gasteiger partial charge in [-0.25, -0.2) is 0 Å². The van der Waals surface area contributed by atoms with Crippen LogP contribution in [0.15, 0.2) is 24.3 Å². The van der Waals surface area contributed by atoms with E-state index in [2.05, 4.69) is 17.1 Å². The van der Waals surface area contributed by atoms with Crippen molar-refractivity contribution in [3.05, 3.63) is 35.4 Å². The first kappa shape index (κ1) is 16.3. The number of benzene rings is 1. The maximum Gasteiger partial charge on any atom is 0.416 e. The van der Waals surface area contributed by atoms with E-state index in [0.717, 1.165) is 37.3 Å². The van der Waals surface area contributed by atoms with E-state index >= 15 is 0 Å².